The first-order valence-corrected chi connectivity index (χ1v) is 8.96. The SMILES string of the molecule is O=NO[PH](c1ccccc1)(c1ccccc1)c1ccccc1. The molecular formula is C18H16NO2P. The van der Waals surface area contributed by atoms with Crippen molar-refractivity contribution in [1.29, 1.82) is 0 Å². The number of rotatable bonds is 5. The summed E-state index contributed by atoms with van der Waals surface area (Å²) in [5, 5.41) is 5.83. The fourth-order valence-electron chi connectivity index (χ4n) is 2.73. The van der Waals surface area contributed by atoms with Crippen molar-refractivity contribution >= 4 is 23.4 Å². The van der Waals surface area contributed by atoms with Gasteiger partial charge < -0.3 is 0 Å². The van der Waals surface area contributed by atoms with Crippen LogP contribution < -0.4 is 15.9 Å². The average Bonchev–Trinajstić information content (AvgIpc) is 2.62. The van der Waals surface area contributed by atoms with E-state index in [1.165, 1.54) is 0 Å². The first kappa shape index (κ1) is 14.4. The molecule has 0 radical (unpaired) electrons. The maximum atomic E-state index is 11.1. The summed E-state index contributed by atoms with van der Waals surface area (Å²) in [5.74, 6) is 0. The predicted octanol–water partition coefficient (Wildman–Crippen LogP) is 3.33. The zero-order valence-electron chi connectivity index (χ0n) is 11.9. The van der Waals surface area contributed by atoms with Crippen molar-refractivity contribution in [3.63, 3.8) is 0 Å². The van der Waals surface area contributed by atoms with Crippen LogP contribution >= 0.6 is 7.49 Å². The van der Waals surface area contributed by atoms with E-state index < -0.39 is 7.49 Å². The zero-order chi connectivity index (χ0) is 15.3. The minimum atomic E-state index is -2.90. The van der Waals surface area contributed by atoms with Crippen LogP contribution in [0.1, 0.15) is 0 Å². The van der Waals surface area contributed by atoms with Gasteiger partial charge in [0.2, 0.25) is 0 Å². The molecule has 3 nitrogen and oxygen atoms in total. The third kappa shape index (κ3) is 2.51. The van der Waals surface area contributed by atoms with Gasteiger partial charge in [0.25, 0.3) is 0 Å². The maximum absolute atomic E-state index is 11.1. The van der Waals surface area contributed by atoms with Gasteiger partial charge in [-0.15, -0.1) is 0 Å². The molecule has 0 amide bonds. The monoisotopic (exact) mass is 309 g/mol. The molecule has 0 atom stereocenters. The summed E-state index contributed by atoms with van der Waals surface area (Å²) in [6.07, 6.45) is 0. The molecule has 0 spiro atoms. The quantitative estimate of drug-likeness (QED) is 0.412. The standard InChI is InChI=1S/C18H16NO2P/c20-19-21-22(16-10-4-1-5-11-16,17-12-6-2-7-13-17)18-14-8-3-9-15-18/h1-15,22H. The van der Waals surface area contributed by atoms with Crippen LogP contribution in [0.15, 0.2) is 96.3 Å². The van der Waals surface area contributed by atoms with Crippen LogP contribution in [0.4, 0.5) is 0 Å². The second kappa shape index (κ2) is 6.50. The second-order valence-corrected chi connectivity index (χ2v) is 8.22. The summed E-state index contributed by atoms with van der Waals surface area (Å²) in [5.41, 5.74) is 0. The molecule has 3 aromatic carbocycles. The fraction of sp³-hybridized carbons (Fsp3) is 0. The molecule has 0 heterocycles. The van der Waals surface area contributed by atoms with Gasteiger partial charge in [0.05, 0.1) is 0 Å². The molecule has 0 fully saturated rings. The van der Waals surface area contributed by atoms with Gasteiger partial charge in [-0.1, -0.05) is 0 Å². The van der Waals surface area contributed by atoms with Gasteiger partial charge >= 0.3 is 129 Å². The number of hydrogen-bond donors (Lipinski definition) is 0. The van der Waals surface area contributed by atoms with Gasteiger partial charge in [-0.2, -0.15) is 0 Å². The van der Waals surface area contributed by atoms with Crippen LogP contribution in [0.25, 0.3) is 0 Å². The van der Waals surface area contributed by atoms with E-state index in [0.717, 1.165) is 15.9 Å². The third-order valence-corrected chi connectivity index (χ3v) is 7.50. The normalized spacial score (nSPS) is 11.6. The Kier molecular flexibility index (Phi) is 4.27. The summed E-state index contributed by atoms with van der Waals surface area (Å²) in [6.45, 7) is 0. The van der Waals surface area contributed by atoms with E-state index in [9.17, 15) is 4.91 Å². The van der Waals surface area contributed by atoms with E-state index in [0.29, 0.717) is 0 Å². The van der Waals surface area contributed by atoms with Crippen molar-refractivity contribution in [2.75, 3.05) is 0 Å². The summed E-state index contributed by atoms with van der Waals surface area (Å²) in [7, 11) is -2.90. The molecule has 3 rings (SSSR count). The Morgan fingerprint density at radius 2 is 0.909 bits per heavy atom. The van der Waals surface area contributed by atoms with Crippen LogP contribution in [-0.4, -0.2) is 0 Å². The Balaban J connectivity index is 2.31. The Bertz CT molecular complexity index is 636. The molecule has 0 aliphatic heterocycles. The average molecular weight is 309 g/mol. The van der Waals surface area contributed by atoms with Crippen LogP contribution in [-0.2, 0) is 4.62 Å². The van der Waals surface area contributed by atoms with Gasteiger partial charge in [0, 0.05) is 0 Å². The molecule has 0 N–H and O–H groups in total. The van der Waals surface area contributed by atoms with E-state index in [4.69, 9.17) is 4.62 Å². The molecule has 0 bridgehead atoms. The van der Waals surface area contributed by atoms with Gasteiger partial charge in [-0.05, 0) is 0 Å². The molecule has 4 heteroatoms. The predicted molar refractivity (Wildman–Crippen MR) is 93.4 cm³/mol. The zero-order valence-corrected chi connectivity index (χ0v) is 12.9. The molecule has 3 aromatic rings. The molecule has 22 heavy (non-hydrogen) atoms. The Morgan fingerprint density at radius 1 is 0.591 bits per heavy atom. The number of hydrogen-bond acceptors (Lipinski definition) is 3. The summed E-state index contributed by atoms with van der Waals surface area (Å²) >= 11 is 0. The van der Waals surface area contributed by atoms with Crippen molar-refractivity contribution in [3.8, 4) is 0 Å². The first-order chi connectivity index (χ1) is 10.9. The molecule has 0 unspecified atom stereocenters. The van der Waals surface area contributed by atoms with E-state index in [1.54, 1.807) is 0 Å². The molecule has 0 aliphatic carbocycles. The van der Waals surface area contributed by atoms with Gasteiger partial charge in [0.1, 0.15) is 0 Å². The van der Waals surface area contributed by atoms with Crippen LogP contribution in [0.2, 0.25) is 0 Å². The molecule has 0 aliphatic rings. The fourth-order valence-corrected chi connectivity index (χ4v) is 6.15. The van der Waals surface area contributed by atoms with Crippen molar-refractivity contribution in [1.82, 2.24) is 0 Å². The van der Waals surface area contributed by atoms with Crippen molar-refractivity contribution in [3.05, 3.63) is 95.9 Å². The van der Waals surface area contributed by atoms with Crippen molar-refractivity contribution < 1.29 is 4.62 Å². The van der Waals surface area contributed by atoms with Crippen molar-refractivity contribution in [2.45, 2.75) is 0 Å². The second-order valence-electron chi connectivity index (χ2n) is 4.95. The Labute approximate surface area is 129 Å². The molecule has 0 aromatic heterocycles. The van der Waals surface area contributed by atoms with E-state index in [2.05, 4.69) is 5.34 Å². The molecule has 0 saturated heterocycles. The minimum absolute atomic E-state index is 0.993. The molecule has 0 saturated carbocycles. The summed E-state index contributed by atoms with van der Waals surface area (Å²) in [6, 6.07) is 29.6. The Morgan fingerprint density at radius 3 is 1.18 bits per heavy atom. The molecular weight excluding hydrogens is 293 g/mol. The summed E-state index contributed by atoms with van der Waals surface area (Å²) in [4.78, 5) is 11.1. The van der Waals surface area contributed by atoms with Crippen LogP contribution in [0, 0.1) is 4.91 Å². The van der Waals surface area contributed by atoms with Gasteiger partial charge in [-0.25, -0.2) is 0 Å². The van der Waals surface area contributed by atoms with E-state index in [-0.39, 0.29) is 0 Å². The van der Waals surface area contributed by atoms with Gasteiger partial charge in [0.15, 0.2) is 0 Å². The van der Waals surface area contributed by atoms with Crippen LogP contribution in [0.3, 0.4) is 0 Å². The number of nitrogens with zero attached hydrogens (tertiary/aromatic N) is 1. The molecule has 110 valence electrons. The number of benzene rings is 3. The third-order valence-electron chi connectivity index (χ3n) is 3.72. The van der Waals surface area contributed by atoms with Crippen LogP contribution in [0.5, 0.6) is 0 Å². The van der Waals surface area contributed by atoms with Crippen molar-refractivity contribution in [2.24, 2.45) is 5.34 Å². The Hall–Kier alpha value is -2.51. The first-order valence-electron chi connectivity index (χ1n) is 7.05. The van der Waals surface area contributed by atoms with Gasteiger partial charge in [-0.3, -0.25) is 0 Å². The summed E-state index contributed by atoms with van der Waals surface area (Å²) < 4.78 is 5.60. The topological polar surface area (TPSA) is 38.7 Å². The van der Waals surface area contributed by atoms with E-state index >= 15 is 0 Å². The van der Waals surface area contributed by atoms with E-state index in [1.807, 2.05) is 91.0 Å².